The minimum absolute atomic E-state index is 0.609. The normalized spacial score (nSPS) is 10.8. The first-order chi connectivity index (χ1) is 14.3. The van der Waals surface area contributed by atoms with Gasteiger partial charge in [-0.2, -0.15) is 0 Å². The van der Waals surface area contributed by atoms with Crippen LogP contribution < -0.4 is 15.4 Å². The summed E-state index contributed by atoms with van der Waals surface area (Å²) in [5, 5.41) is 10.8. The zero-order valence-electron chi connectivity index (χ0n) is 16.3. The van der Waals surface area contributed by atoms with Gasteiger partial charge in [-0.05, 0) is 65.7 Å². The molecule has 1 heterocycles. The van der Waals surface area contributed by atoms with Gasteiger partial charge in [-0.25, -0.2) is 0 Å². The number of anilines is 1. The fourth-order valence-corrected chi connectivity index (χ4v) is 3.79. The van der Waals surface area contributed by atoms with Crippen LogP contribution in [0.5, 0.6) is 5.75 Å². The van der Waals surface area contributed by atoms with E-state index in [2.05, 4.69) is 58.1 Å². The average molecular weight is 402 g/mol. The standard InChI is InChI=1S/C24H23N3OS/c1-28-22-14-13-21(20-12-6-15-25-23(20)22)27-24(29)26-16-5-10-18-9-4-8-17-7-2-3-11-19(17)18/h2-4,6-9,11-15H,5,10,16H2,1H3,(H2,26,27,29). The summed E-state index contributed by atoms with van der Waals surface area (Å²) >= 11 is 5.49. The average Bonchev–Trinajstić information content (AvgIpc) is 2.77. The molecule has 0 amide bonds. The summed E-state index contributed by atoms with van der Waals surface area (Å²) in [6.45, 7) is 0.807. The number of aromatic nitrogens is 1. The number of ether oxygens (including phenoxy) is 1. The minimum atomic E-state index is 0.609. The highest BCUT2D eigenvalue weighted by Crippen LogP contribution is 2.29. The fourth-order valence-electron chi connectivity index (χ4n) is 3.58. The van der Waals surface area contributed by atoms with Gasteiger partial charge in [-0.15, -0.1) is 0 Å². The summed E-state index contributed by atoms with van der Waals surface area (Å²) in [7, 11) is 1.65. The molecule has 4 aromatic rings. The number of nitrogens with zero attached hydrogens (tertiary/aromatic N) is 1. The van der Waals surface area contributed by atoms with Crippen LogP contribution in [-0.2, 0) is 6.42 Å². The van der Waals surface area contributed by atoms with E-state index in [1.165, 1.54) is 16.3 Å². The van der Waals surface area contributed by atoms with Gasteiger partial charge in [0.2, 0.25) is 0 Å². The maximum atomic E-state index is 5.49. The van der Waals surface area contributed by atoms with Crippen molar-refractivity contribution < 1.29 is 4.74 Å². The Morgan fingerprint density at radius 2 is 1.79 bits per heavy atom. The smallest absolute Gasteiger partial charge is 0.170 e. The molecule has 0 radical (unpaired) electrons. The molecule has 3 aromatic carbocycles. The molecular weight excluding hydrogens is 378 g/mol. The molecule has 1 aromatic heterocycles. The molecule has 0 aliphatic rings. The lowest BCUT2D eigenvalue weighted by Crippen LogP contribution is -2.29. The number of rotatable bonds is 6. The van der Waals surface area contributed by atoms with Crippen molar-refractivity contribution in [2.75, 3.05) is 19.0 Å². The van der Waals surface area contributed by atoms with Crippen molar-refractivity contribution in [3.8, 4) is 5.75 Å². The first-order valence-electron chi connectivity index (χ1n) is 9.69. The molecule has 0 aliphatic carbocycles. The van der Waals surface area contributed by atoms with E-state index in [-0.39, 0.29) is 0 Å². The zero-order chi connectivity index (χ0) is 20.1. The van der Waals surface area contributed by atoms with Gasteiger partial charge in [-0.1, -0.05) is 42.5 Å². The molecule has 0 unspecified atom stereocenters. The van der Waals surface area contributed by atoms with E-state index < -0.39 is 0 Å². The predicted octanol–water partition coefficient (Wildman–Crippen LogP) is 5.32. The maximum Gasteiger partial charge on any atom is 0.170 e. The molecule has 29 heavy (non-hydrogen) atoms. The summed E-state index contributed by atoms with van der Waals surface area (Å²) in [6.07, 6.45) is 3.77. The van der Waals surface area contributed by atoms with Gasteiger partial charge in [-0.3, -0.25) is 4.98 Å². The SMILES string of the molecule is COc1ccc(NC(=S)NCCCc2cccc3ccccc23)c2cccnc12. The Morgan fingerprint density at radius 3 is 2.69 bits per heavy atom. The second-order valence-electron chi connectivity index (χ2n) is 6.84. The van der Waals surface area contributed by atoms with E-state index in [0.717, 1.165) is 41.7 Å². The van der Waals surface area contributed by atoms with Crippen LogP contribution >= 0.6 is 12.2 Å². The number of hydrogen-bond acceptors (Lipinski definition) is 3. The van der Waals surface area contributed by atoms with Crippen molar-refractivity contribution in [1.82, 2.24) is 10.3 Å². The Balaban J connectivity index is 1.36. The van der Waals surface area contributed by atoms with Crippen LogP contribution in [0.2, 0.25) is 0 Å². The number of pyridine rings is 1. The number of nitrogens with one attached hydrogen (secondary N) is 2. The van der Waals surface area contributed by atoms with Crippen molar-refractivity contribution in [1.29, 1.82) is 0 Å². The van der Waals surface area contributed by atoms with Crippen molar-refractivity contribution in [3.63, 3.8) is 0 Å². The molecule has 5 heteroatoms. The van der Waals surface area contributed by atoms with Crippen LogP contribution in [-0.4, -0.2) is 23.8 Å². The van der Waals surface area contributed by atoms with Gasteiger partial charge in [0.15, 0.2) is 5.11 Å². The number of methoxy groups -OCH3 is 1. The zero-order valence-corrected chi connectivity index (χ0v) is 17.1. The number of benzene rings is 3. The summed E-state index contributed by atoms with van der Waals surface area (Å²) in [6, 6.07) is 22.8. The molecule has 0 atom stereocenters. The quantitative estimate of drug-likeness (QED) is 0.338. The van der Waals surface area contributed by atoms with Crippen molar-refractivity contribution in [3.05, 3.63) is 78.5 Å². The number of fused-ring (bicyclic) bond motifs is 2. The van der Waals surface area contributed by atoms with E-state index in [9.17, 15) is 0 Å². The minimum Gasteiger partial charge on any atom is -0.494 e. The summed E-state index contributed by atoms with van der Waals surface area (Å²) in [5.74, 6) is 0.750. The molecule has 4 nitrogen and oxygen atoms in total. The molecule has 146 valence electrons. The van der Waals surface area contributed by atoms with Gasteiger partial charge >= 0.3 is 0 Å². The molecule has 0 aliphatic heterocycles. The van der Waals surface area contributed by atoms with Gasteiger partial charge in [0.1, 0.15) is 11.3 Å². The third kappa shape index (κ3) is 4.30. The van der Waals surface area contributed by atoms with Gasteiger partial charge in [0.05, 0.1) is 7.11 Å². The largest absolute Gasteiger partial charge is 0.494 e. The van der Waals surface area contributed by atoms with Crippen molar-refractivity contribution >= 4 is 44.7 Å². The first kappa shape index (κ1) is 19.2. The van der Waals surface area contributed by atoms with Crippen molar-refractivity contribution in [2.45, 2.75) is 12.8 Å². The van der Waals surface area contributed by atoms with E-state index in [1.807, 2.05) is 24.3 Å². The maximum absolute atomic E-state index is 5.49. The Morgan fingerprint density at radius 1 is 0.966 bits per heavy atom. The van der Waals surface area contributed by atoms with Crippen LogP contribution in [0.25, 0.3) is 21.7 Å². The summed E-state index contributed by atoms with van der Waals surface area (Å²) in [4.78, 5) is 4.43. The highest BCUT2D eigenvalue weighted by Gasteiger charge is 2.08. The van der Waals surface area contributed by atoms with Gasteiger partial charge in [0.25, 0.3) is 0 Å². The second-order valence-corrected chi connectivity index (χ2v) is 7.25. The fraction of sp³-hybridized carbons (Fsp3) is 0.167. The Hall–Kier alpha value is -3.18. The van der Waals surface area contributed by atoms with Crippen LogP contribution in [0.15, 0.2) is 72.9 Å². The Bertz CT molecular complexity index is 1150. The van der Waals surface area contributed by atoms with Gasteiger partial charge < -0.3 is 15.4 Å². The molecule has 0 saturated carbocycles. The summed E-state index contributed by atoms with van der Waals surface area (Å²) in [5.41, 5.74) is 3.11. The molecule has 4 rings (SSSR count). The number of hydrogen-bond donors (Lipinski definition) is 2. The van der Waals surface area contributed by atoms with E-state index in [4.69, 9.17) is 17.0 Å². The molecule has 0 spiro atoms. The molecular formula is C24H23N3OS. The molecule has 0 bridgehead atoms. The second kappa shape index (κ2) is 8.88. The molecule has 2 N–H and O–H groups in total. The molecule has 0 fully saturated rings. The highest BCUT2D eigenvalue weighted by atomic mass is 32.1. The lowest BCUT2D eigenvalue weighted by molar-refractivity contribution is 0.419. The number of thiocarbonyl (C=S) groups is 1. The third-order valence-corrected chi connectivity index (χ3v) is 5.24. The predicted molar refractivity (Wildman–Crippen MR) is 125 cm³/mol. The lowest BCUT2D eigenvalue weighted by Gasteiger charge is -2.14. The van der Waals surface area contributed by atoms with Crippen LogP contribution in [0, 0.1) is 0 Å². The first-order valence-corrected chi connectivity index (χ1v) is 10.1. The lowest BCUT2D eigenvalue weighted by atomic mass is 10.0. The Kier molecular flexibility index (Phi) is 5.86. The van der Waals surface area contributed by atoms with E-state index in [0.29, 0.717) is 5.11 Å². The van der Waals surface area contributed by atoms with Gasteiger partial charge in [0, 0.05) is 23.8 Å². The highest BCUT2D eigenvalue weighted by molar-refractivity contribution is 7.80. The number of aryl methyl sites for hydroxylation is 1. The van der Waals surface area contributed by atoms with Crippen molar-refractivity contribution in [2.24, 2.45) is 0 Å². The Labute approximate surface area is 175 Å². The molecule has 0 saturated heterocycles. The van der Waals surface area contributed by atoms with Crippen LogP contribution in [0.4, 0.5) is 5.69 Å². The van der Waals surface area contributed by atoms with E-state index in [1.54, 1.807) is 13.3 Å². The van der Waals surface area contributed by atoms with Crippen LogP contribution in [0.1, 0.15) is 12.0 Å². The van der Waals surface area contributed by atoms with E-state index >= 15 is 0 Å². The monoisotopic (exact) mass is 401 g/mol. The summed E-state index contributed by atoms with van der Waals surface area (Å²) < 4.78 is 5.40. The third-order valence-electron chi connectivity index (χ3n) is 4.99. The van der Waals surface area contributed by atoms with Crippen LogP contribution in [0.3, 0.4) is 0 Å². The topological polar surface area (TPSA) is 46.2 Å².